The van der Waals surface area contributed by atoms with Gasteiger partial charge in [0.1, 0.15) is 11.6 Å². The molecule has 3 rings (SSSR count). The van der Waals surface area contributed by atoms with Crippen LogP contribution in [0.25, 0.3) is 16.9 Å². The van der Waals surface area contributed by atoms with E-state index >= 15 is 0 Å². The summed E-state index contributed by atoms with van der Waals surface area (Å²) in [5.74, 6) is 1.70. The van der Waals surface area contributed by atoms with Crippen LogP contribution in [0.2, 0.25) is 0 Å². The van der Waals surface area contributed by atoms with Gasteiger partial charge in [0.2, 0.25) is 0 Å². The molecule has 0 bridgehead atoms. The third-order valence-corrected chi connectivity index (χ3v) is 2.67. The van der Waals surface area contributed by atoms with Crippen LogP contribution in [0.4, 0.5) is 0 Å². The first-order valence-electron chi connectivity index (χ1n) is 5.30. The molecule has 0 saturated carbocycles. The molecule has 0 aliphatic carbocycles. The predicted molar refractivity (Wildman–Crippen MR) is 65.0 cm³/mol. The third kappa shape index (κ3) is 1.63. The highest BCUT2D eigenvalue weighted by Gasteiger charge is 2.06. The van der Waals surface area contributed by atoms with Gasteiger partial charge in [-0.05, 0) is 24.3 Å². The van der Waals surface area contributed by atoms with Gasteiger partial charge < -0.3 is 4.74 Å². The van der Waals surface area contributed by atoms with E-state index in [0.717, 1.165) is 22.7 Å². The van der Waals surface area contributed by atoms with Crippen molar-refractivity contribution in [3.63, 3.8) is 0 Å². The number of aromatic nitrogens is 3. The van der Waals surface area contributed by atoms with E-state index in [1.54, 1.807) is 19.5 Å². The third-order valence-electron chi connectivity index (χ3n) is 2.67. The lowest BCUT2D eigenvalue weighted by Gasteiger charge is -2.03. The first-order chi connectivity index (χ1) is 8.38. The number of imidazole rings is 1. The SMILES string of the molecule is COc1ccc2cnc(-c3ccncc3)n2c1. The van der Waals surface area contributed by atoms with Crippen molar-refractivity contribution in [3.05, 3.63) is 49.1 Å². The first kappa shape index (κ1) is 9.84. The summed E-state index contributed by atoms with van der Waals surface area (Å²) in [5.41, 5.74) is 2.07. The Balaban J connectivity index is 2.23. The van der Waals surface area contributed by atoms with Crippen LogP contribution in [-0.2, 0) is 0 Å². The van der Waals surface area contributed by atoms with Gasteiger partial charge in [-0.2, -0.15) is 0 Å². The maximum Gasteiger partial charge on any atom is 0.144 e. The number of rotatable bonds is 2. The molecule has 0 saturated heterocycles. The minimum atomic E-state index is 0.811. The summed E-state index contributed by atoms with van der Waals surface area (Å²) in [6.45, 7) is 0. The van der Waals surface area contributed by atoms with Gasteiger partial charge in [-0.1, -0.05) is 0 Å². The molecule has 0 N–H and O–H groups in total. The maximum atomic E-state index is 5.22. The fraction of sp³-hybridized carbons (Fsp3) is 0.0769. The number of hydrogen-bond acceptors (Lipinski definition) is 3. The summed E-state index contributed by atoms with van der Waals surface area (Å²) >= 11 is 0. The summed E-state index contributed by atoms with van der Waals surface area (Å²) in [4.78, 5) is 8.43. The summed E-state index contributed by atoms with van der Waals surface area (Å²) in [6, 6.07) is 7.78. The fourth-order valence-electron chi connectivity index (χ4n) is 1.81. The largest absolute Gasteiger partial charge is 0.495 e. The Kier molecular flexibility index (Phi) is 2.26. The van der Waals surface area contributed by atoms with Crippen LogP contribution in [0.3, 0.4) is 0 Å². The van der Waals surface area contributed by atoms with Gasteiger partial charge in [-0.15, -0.1) is 0 Å². The van der Waals surface area contributed by atoms with Gasteiger partial charge in [-0.3, -0.25) is 9.38 Å². The van der Waals surface area contributed by atoms with Crippen LogP contribution in [0.5, 0.6) is 5.75 Å². The molecule has 3 aromatic heterocycles. The fourth-order valence-corrected chi connectivity index (χ4v) is 1.81. The van der Waals surface area contributed by atoms with Crippen LogP contribution in [0.1, 0.15) is 0 Å². The summed E-state index contributed by atoms with van der Waals surface area (Å²) in [6.07, 6.45) is 7.29. The highest BCUT2D eigenvalue weighted by Crippen LogP contribution is 2.21. The average Bonchev–Trinajstić information content (AvgIpc) is 2.82. The summed E-state index contributed by atoms with van der Waals surface area (Å²) in [7, 11) is 1.66. The Labute approximate surface area is 98.5 Å². The van der Waals surface area contributed by atoms with Gasteiger partial charge in [-0.25, -0.2) is 4.98 Å². The van der Waals surface area contributed by atoms with E-state index in [9.17, 15) is 0 Å². The van der Waals surface area contributed by atoms with Gasteiger partial charge in [0, 0.05) is 18.0 Å². The molecule has 4 heteroatoms. The van der Waals surface area contributed by atoms with Crippen molar-refractivity contribution in [2.45, 2.75) is 0 Å². The van der Waals surface area contributed by atoms with Crippen LogP contribution in [0.15, 0.2) is 49.1 Å². The van der Waals surface area contributed by atoms with Crippen molar-refractivity contribution in [2.75, 3.05) is 7.11 Å². The monoisotopic (exact) mass is 225 g/mol. The van der Waals surface area contributed by atoms with E-state index in [1.165, 1.54) is 0 Å². The van der Waals surface area contributed by atoms with E-state index in [-0.39, 0.29) is 0 Å². The molecule has 0 amide bonds. The molecule has 0 aliphatic rings. The average molecular weight is 225 g/mol. The van der Waals surface area contributed by atoms with Crippen LogP contribution >= 0.6 is 0 Å². The Morgan fingerprint density at radius 3 is 2.71 bits per heavy atom. The van der Waals surface area contributed by atoms with E-state index < -0.39 is 0 Å². The van der Waals surface area contributed by atoms with Crippen molar-refractivity contribution in [1.82, 2.24) is 14.4 Å². The Morgan fingerprint density at radius 1 is 1.12 bits per heavy atom. The molecule has 0 aromatic carbocycles. The van der Waals surface area contributed by atoms with Crippen molar-refractivity contribution >= 4 is 5.52 Å². The topological polar surface area (TPSA) is 39.4 Å². The van der Waals surface area contributed by atoms with Crippen molar-refractivity contribution in [3.8, 4) is 17.1 Å². The molecule has 0 fully saturated rings. The number of pyridine rings is 2. The lowest BCUT2D eigenvalue weighted by atomic mass is 10.2. The second-order valence-corrected chi connectivity index (χ2v) is 3.68. The first-order valence-corrected chi connectivity index (χ1v) is 5.30. The summed E-state index contributed by atoms with van der Waals surface area (Å²) in [5, 5.41) is 0. The molecule has 0 aliphatic heterocycles. The molecular formula is C13H11N3O. The van der Waals surface area contributed by atoms with Gasteiger partial charge in [0.25, 0.3) is 0 Å². The van der Waals surface area contributed by atoms with Gasteiger partial charge in [0.15, 0.2) is 0 Å². The van der Waals surface area contributed by atoms with E-state index in [1.807, 2.05) is 41.1 Å². The zero-order chi connectivity index (χ0) is 11.7. The smallest absolute Gasteiger partial charge is 0.144 e. The molecule has 0 unspecified atom stereocenters. The minimum absolute atomic E-state index is 0.811. The molecule has 84 valence electrons. The quantitative estimate of drug-likeness (QED) is 0.672. The molecule has 3 heterocycles. The lowest BCUT2D eigenvalue weighted by molar-refractivity contribution is 0.412. The molecule has 17 heavy (non-hydrogen) atoms. The highest BCUT2D eigenvalue weighted by atomic mass is 16.5. The second-order valence-electron chi connectivity index (χ2n) is 3.68. The van der Waals surface area contributed by atoms with Crippen LogP contribution in [-0.4, -0.2) is 21.5 Å². The molecule has 0 spiro atoms. The van der Waals surface area contributed by atoms with Crippen molar-refractivity contribution in [2.24, 2.45) is 0 Å². The zero-order valence-corrected chi connectivity index (χ0v) is 9.37. The predicted octanol–water partition coefficient (Wildman–Crippen LogP) is 2.40. The second kappa shape index (κ2) is 3.90. The van der Waals surface area contributed by atoms with Crippen LogP contribution < -0.4 is 4.74 Å². The minimum Gasteiger partial charge on any atom is -0.495 e. The van der Waals surface area contributed by atoms with Crippen molar-refractivity contribution in [1.29, 1.82) is 0 Å². The van der Waals surface area contributed by atoms with E-state index in [2.05, 4.69) is 9.97 Å². The normalized spacial score (nSPS) is 10.6. The van der Waals surface area contributed by atoms with E-state index in [0.29, 0.717) is 0 Å². The number of methoxy groups -OCH3 is 1. The molecule has 0 atom stereocenters. The van der Waals surface area contributed by atoms with Crippen molar-refractivity contribution < 1.29 is 4.74 Å². The molecule has 3 aromatic rings. The highest BCUT2D eigenvalue weighted by molar-refractivity contribution is 5.62. The lowest BCUT2D eigenvalue weighted by Crippen LogP contribution is -1.91. The Morgan fingerprint density at radius 2 is 1.94 bits per heavy atom. The Hall–Kier alpha value is -2.36. The van der Waals surface area contributed by atoms with Gasteiger partial charge in [0.05, 0.1) is 25.0 Å². The molecular weight excluding hydrogens is 214 g/mol. The van der Waals surface area contributed by atoms with Gasteiger partial charge >= 0.3 is 0 Å². The zero-order valence-electron chi connectivity index (χ0n) is 9.37. The molecule has 4 nitrogen and oxygen atoms in total. The number of fused-ring (bicyclic) bond motifs is 1. The number of ether oxygens (including phenoxy) is 1. The standard InChI is InChI=1S/C13H11N3O/c1-17-12-3-2-11-8-15-13(16(11)9-12)10-4-6-14-7-5-10/h2-9H,1H3. The molecule has 0 radical (unpaired) electrons. The number of hydrogen-bond donors (Lipinski definition) is 0. The summed E-state index contributed by atoms with van der Waals surface area (Å²) < 4.78 is 7.23. The number of nitrogens with zero attached hydrogens (tertiary/aromatic N) is 3. The Bertz CT molecular complexity index is 646. The van der Waals surface area contributed by atoms with E-state index in [4.69, 9.17) is 4.74 Å². The van der Waals surface area contributed by atoms with Crippen LogP contribution in [0, 0.1) is 0 Å². The maximum absolute atomic E-state index is 5.22.